The van der Waals surface area contributed by atoms with Gasteiger partial charge in [0.2, 0.25) is 0 Å². The van der Waals surface area contributed by atoms with Gasteiger partial charge >= 0.3 is 0 Å². The van der Waals surface area contributed by atoms with Gasteiger partial charge in [0.25, 0.3) is 0 Å². The summed E-state index contributed by atoms with van der Waals surface area (Å²) in [7, 11) is 0. The lowest BCUT2D eigenvalue weighted by molar-refractivity contribution is 0.173. The van der Waals surface area contributed by atoms with Crippen LogP contribution in [0.5, 0.6) is 0 Å². The standard InChI is InChI=1S/C5H13N3/c1-2-3-4-5-6-8-7-5/h5-8H,2-4H2,1H3. The van der Waals surface area contributed by atoms with E-state index in [-0.39, 0.29) is 0 Å². The van der Waals surface area contributed by atoms with Gasteiger partial charge < -0.3 is 0 Å². The maximum atomic E-state index is 3.02. The van der Waals surface area contributed by atoms with Gasteiger partial charge in [-0.2, -0.15) is 5.53 Å². The minimum atomic E-state index is 0.523. The van der Waals surface area contributed by atoms with Crippen molar-refractivity contribution < 1.29 is 0 Å². The number of hydrazine groups is 2. The fourth-order valence-corrected chi connectivity index (χ4v) is 0.727. The van der Waals surface area contributed by atoms with Crippen molar-refractivity contribution in [1.29, 1.82) is 0 Å². The Kier molecular flexibility index (Phi) is 2.27. The SMILES string of the molecule is CCCCC1NNN1. The molecule has 0 radical (unpaired) electrons. The number of unbranched alkanes of at least 4 members (excludes halogenated alkanes) is 1. The Morgan fingerprint density at radius 1 is 1.38 bits per heavy atom. The summed E-state index contributed by atoms with van der Waals surface area (Å²) >= 11 is 0. The number of hydrogen-bond donors (Lipinski definition) is 3. The molecule has 0 spiro atoms. The second-order valence-electron chi connectivity index (χ2n) is 2.11. The molecule has 0 amide bonds. The third-order valence-corrected chi connectivity index (χ3v) is 1.34. The molecule has 3 heteroatoms. The quantitative estimate of drug-likeness (QED) is 0.489. The Balaban J connectivity index is 1.86. The van der Waals surface area contributed by atoms with Crippen LogP contribution >= 0.6 is 0 Å². The molecule has 1 rings (SSSR count). The molecule has 0 aromatic heterocycles. The second kappa shape index (κ2) is 3.02. The highest BCUT2D eigenvalue weighted by Crippen LogP contribution is 1.98. The first-order chi connectivity index (χ1) is 3.93. The molecule has 0 unspecified atom stereocenters. The van der Waals surface area contributed by atoms with E-state index in [0.717, 1.165) is 0 Å². The van der Waals surface area contributed by atoms with Gasteiger partial charge in [-0.3, -0.25) is 0 Å². The lowest BCUT2D eigenvalue weighted by Gasteiger charge is -2.29. The normalized spacial score (nSPS) is 20.6. The van der Waals surface area contributed by atoms with Gasteiger partial charge in [-0.15, -0.1) is 0 Å². The van der Waals surface area contributed by atoms with Gasteiger partial charge in [-0.1, -0.05) is 19.8 Å². The van der Waals surface area contributed by atoms with Gasteiger partial charge in [0.15, 0.2) is 0 Å². The van der Waals surface area contributed by atoms with Gasteiger partial charge in [0, 0.05) is 0 Å². The lowest BCUT2D eigenvalue weighted by Crippen LogP contribution is -2.69. The van der Waals surface area contributed by atoms with Crippen LogP contribution in [0.2, 0.25) is 0 Å². The third kappa shape index (κ3) is 1.43. The first-order valence-electron chi connectivity index (χ1n) is 3.19. The Hall–Kier alpha value is -0.120. The highest BCUT2D eigenvalue weighted by atomic mass is 15.7. The zero-order valence-electron chi connectivity index (χ0n) is 5.20. The van der Waals surface area contributed by atoms with Crippen LogP contribution in [0.3, 0.4) is 0 Å². The first-order valence-corrected chi connectivity index (χ1v) is 3.19. The van der Waals surface area contributed by atoms with Crippen molar-refractivity contribution in [3.05, 3.63) is 0 Å². The van der Waals surface area contributed by atoms with E-state index < -0.39 is 0 Å². The average molecular weight is 115 g/mol. The Morgan fingerprint density at radius 2 is 2.12 bits per heavy atom. The van der Waals surface area contributed by atoms with Crippen LogP contribution in [0.15, 0.2) is 0 Å². The summed E-state index contributed by atoms with van der Waals surface area (Å²) in [5, 5.41) is 0. The zero-order chi connectivity index (χ0) is 5.82. The fraction of sp³-hybridized carbons (Fsp3) is 1.00. The molecule has 0 aromatic carbocycles. The molecular weight excluding hydrogens is 102 g/mol. The molecule has 3 N–H and O–H groups in total. The molecule has 3 nitrogen and oxygen atoms in total. The monoisotopic (exact) mass is 115 g/mol. The summed E-state index contributed by atoms with van der Waals surface area (Å²) in [5.74, 6) is 0. The summed E-state index contributed by atoms with van der Waals surface area (Å²) in [6.45, 7) is 2.20. The van der Waals surface area contributed by atoms with Gasteiger partial charge in [-0.25, -0.2) is 10.9 Å². The minimum Gasteiger partial charge on any atom is -0.226 e. The first kappa shape index (κ1) is 6.01. The van der Waals surface area contributed by atoms with Crippen molar-refractivity contribution in [1.82, 2.24) is 16.4 Å². The molecule has 0 bridgehead atoms. The third-order valence-electron chi connectivity index (χ3n) is 1.34. The molecule has 1 saturated heterocycles. The molecule has 0 aromatic rings. The van der Waals surface area contributed by atoms with E-state index in [2.05, 4.69) is 23.3 Å². The van der Waals surface area contributed by atoms with Crippen molar-refractivity contribution in [2.45, 2.75) is 32.4 Å². The lowest BCUT2D eigenvalue weighted by atomic mass is 10.2. The van der Waals surface area contributed by atoms with E-state index in [0.29, 0.717) is 6.17 Å². The highest BCUT2D eigenvalue weighted by Gasteiger charge is 2.12. The molecule has 0 atom stereocenters. The number of nitrogens with one attached hydrogen (secondary N) is 3. The molecular formula is C5H13N3. The number of hydrogen-bond acceptors (Lipinski definition) is 3. The molecule has 1 heterocycles. The van der Waals surface area contributed by atoms with Crippen LogP contribution in [0.1, 0.15) is 26.2 Å². The molecule has 0 aliphatic carbocycles. The predicted molar refractivity (Wildman–Crippen MR) is 32.7 cm³/mol. The van der Waals surface area contributed by atoms with Crippen LogP contribution in [-0.4, -0.2) is 6.17 Å². The largest absolute Gasteiger partial charge is 0.226 e. The van der Waals surface area contributed by atoms with Crippen LogP contribution in [0.25, 0.3) is 0 Å². The minimum absolute atomic E-state index is 0.523. The van der Waals surface area contributed by atoms with Crippen LogP contribution in [-0.2, 0) is 0 Å². The molecule has 1 fully saturated rings. The number of rotatable bonds is 3. The van der Waals surface area contributed by atoms with Crippen LogP contribution in [0.4, 0.5) is 0 Å². The van der Waals surface area contributed by atoms with E-state index in [9.17, 15) is 0 Å². The summed E-state index contributed by atoms with van der Waals surface area (Å²) in [5.41, 5.74) is 8.81. The van der Waals surface area contributed by atoms with Crippen LogP contribution in [0, 0.1) is 0 Å². The van der Waals surface area contributed by atoms with Crippen LogP contribution < -0.4 is 16.4 Å². The average Bonchev–Trinajstić information content (AvgIpc) is 1.63. The van der Waals surface area contributed by atoms with E-state index in [1.165, 1.54) is 19.3 Å². The Morgan fingerprint density at radius 3 is 2.50 bits per heavy atom. The smallest absolute Gasteiger partial charge is 0.0858 e. The van der Waals surface area contributed by atoms with Crippen molar-refractivity contribution >= 4 is 0 Å². The predicted octanol–water partition coefficient (Wildman–Crippen LogP) is 0.115. The van der Waals surface area contributed by atoms with Crippen molar-refractivity contribution in [3.63, 3.8) is 0 Å². The van der Waals surface area contributed by atoms with Gasteiger partial charge in [0.1, 0.15) is 0 Å². The Labute approximate surface area is 49.8 Å². The van der Waals surface area contributed by atoms with Gasteiger partial charge in [0.05, 0.1) is 6.17 Å². The van der Waals surface area contributed by atoms with E-state index >= 15 is 0 Å². The van der Waals surface area contributed by atoms with E-state index in [1.807, 2.05) is 0 Å². The van der Waals surface area contributed by atoms with E-state index in [1.54, 1.807) is 0 Å². The zero-order valence-corrected chi connectivity index (χ0v) is 5.20. The maximum Gasteiger partial charge on any atom is 0.0858 e. The summed E-state index contributed by atoms with van der Waals surface area (Å²) in [4.78, 5) is 0. The van der Waals surface area contributed by atoms with Crippen molar-refractivity contribution in [2.75, 3.05) is 0 Å². The van der Waals surface area contributed by atoms with E-state index in [4.69, 9.17) is 0 Å². The molecule has 0 saturated carbocycles. The summed E-state index contributed by atoms with van der Waals surface area (Å²) in [6.07, 6.45) is 4.32. The molecule has 8 heavy (non-hydrogen) atoms. The highest BCUT2D eigenvalue weighted by molar-refractivity contribution is 4.63. The van der Waals surface area contributed by atoms with Crippen molar-refractivity contribution in [2.24, 2.45) is 0 Å². The molecule has 1 aliphatic rings. The maximum absolute atomic E-state index is 3.02. The van der Waals surface area contributed by atoms with Crippen molar-refractivity contribution in [3.8, 4) is 0 Å². The Bertz CT molecular complexity index is 60.7. The molecule has 1 aliphatic heterocycles. The fourth-order valence-electron chi connectivity index (χ4n) is 0.727. The topological polar surface area (TPSA) is 36.1 Å². The van der Waals surface area contributed by atoms with Gasteiger partial charge in [-0.05, 0) is 6.42 Å². The summed E-state index contributed by atoms with van der Waals surface area (Å²) in [6, 6.07) is 0. The summed E-state index contributed by atoms with van der Waals surface area (Å²) < 4.78 is 0. The molecule has 48 valence electrons. The second-order valence-corrected chi connectivity index (χ2v) is 2.11.